The third-order valence-corrected chi connectivity index (χ3v) is 2.52. The highest BCUT2D eigenvalue weighted by molar-refractivity contribution is 5.35. The molecule has 1 aromatic rings. The van der Waals surface area contributed by atoms with Crippen LogP contribution in [0.4, 0.5) is 0 Å². The second-order valence-corrected chi connectivity index (χ2v) is 3.34. The summed E-state index contributed by atoms with van der Waals surface area (Å²) in [5, 5.41) is 16.4. The van der Waals surface area contributed by atoms with Crippen LogP contribution in [0.5, 0.6) is 0 Å². The lowest BCUT2D eigenvalue weighted by molar-refractivity contribution is 0.564. The second-order valence-electron chi connectivity index (χ2n) is 3.34. The maximum absolute atomic E-state index is 8.92. The van der Waals surface area contributed by atoms with Crippen LogP contribution in [0.3, 0.4) is 0 Å². The van der Waals surface area contributed by atoms with Crippen LogP contribution < -0.4 is 5.32 Å². The van der Waals surface area contributed by atoms with E-state index in [4.69, 9.17) is 5.26 Å². The Labute approximate surface area is 77.2 Å². The van der Waals surface area contributed by atoms with Crippen LogP contribution in [0.2, 0.25) is 0 Å². The summed E-state index contributed by atoms with van der Waals surface area (Å²) in [6.07, 6.45) is 0.963. The van der Waals surface area contributed by atoms with Crippen molar-refractivity contribution in [2.24, 2.45) is 7.05 Å². The van der Waals surface area contributed by atoms with Gasteiger partial charge >= 0.3 is 0 Å². The first kappa shape index (κ1) is 8.27. The number of hydrogen-bond donors (Lipinski definition) is 1. The van der Waals surface area contributed by atoms with Crippen molar-refractivity contribution in [3.63, 3.8) is 0 Å². The van der Waals surface area contributed by atoms with Crippen molar-refractivity contribution < 1.29 is 0 Å². The van der Waals surface area contributed by atoms with Crippen molar-refractivity contribution in [2.75, 3.05) is 6.54 Å². The van der Waals surface area contributed by atoms with Gasteiger partial charge in [-0.05, 0) is 6.92 Å². The molecule has 1 aliphatic rings. The SMILES string of the molecule is Cc1nn(C)c2c1C(C#N)NCC2. The molecule has 0 aromatic carbocycles. The Bertz CT molecular complexity index is 372. The van der Waals surface area contributed by atoms with E-state index in [0.29, 0.717) is 0 Å². The number of nitriles is 1. The van der Waals surface area contributed by atoms with Gasteiger partial charge in [-0.1, -0.05) is 0 Å². The van der Waals surface area contributed by atoms with Crippen molar-refractivity contribution in [2.45, 2.75) is 19.4 Å². The topological polar surface area (TPSA) is 53.6 Å². The fourth-order valence-electron chi connectivity index (χ4n) is 1.94. The van der Waals surface area contributed by atoms with E-state index < -0.39 is 0 Å². The lowest BCUT2D eigenvalue weighted by Crippen LogP contribution is -2.29. The highest BCUT2D eigenvalue weighted by atomic mass is 15.3. The fraction of sp³-hybridized carbons (Fsp3) is 0.556. The molecule has 1 aliphatic heterocycles. The molecular weight excluding hydrogens is 164 g/mol. The summed E-state index contributed by atoms with van der Waals surface area (Å²) in [6, 6.07) is 2.08. The zero-order chi connectivity index (χ0) is 9.42. The van der Waals surface area contributed by atoms with E-state index in [0.717, 1.165) is 24.2 Å². The molecule has 2 rings (SSSR count). The molecule has 1 aromatic heterocycles. The highest BCUT2D eigenvalue weighted by Crippen LogP contribution is 2.24. The first-order valence-electron chi connectivity index (χ1n) is 4.39. The molecule has 1 atom stereocenters. The smallest absolute Gasteiger partial charge is 0.124 e. The van der Waals surface area contributed by atoms with Gasteiger partial charge in [-0.3, -0.25) is 10.00 Å². The van der Waals surface area contributed by atoms with Gasteiger partial charge in [0.1, 0.15) is 6.04 Å². The van der Waals surface area contributed by atoms with E-state index in [2.05, 4.69) is 16.5 Å². The predicted octanol–water partition coefficient (Wildman–Crippen LogP) is 0.439. The number of aromatic nitrogens is 2. The van der Waals surface area contributed by atoms with E-state index in [9.17, 15) is 0 Å². The Morgan fingerprint density at radius 3 is 3.15 bits per heavy atom. The van der Waals surface area contributed by atoms with E-state index in [-0.39, 0.29) is 6.04 Å². The molecule has 0 fully saturated rings. The molecule has 0 saturated heterocycles. The molecule has 4 nitrogen and oxygen atoms in total. The number of nitrogens with zero attached hydrogens (tertiary/aromatic N) is 3. The van der Waals surface area contributed by atoms with Gasteiger partial charge in [-0.25, -0.2) is 0 Å². The van der Waals surface area contributed by atoms with E-state index >= 15 is 0 Å². The normalized spacial score (nSPS) is 20.8. The lowest BCUT2D eigenvalue weighted by Gasteiger charge is -2.19. The third kappa shape index (κ3) is 1.12. The van der Waals surface area contributed by atoms with Crippen molar-refractivity contribution in [1.29, 1.82) is 5.26 Å². The largest absolute Gasteiger partial charge is 0.298 e. The van der Waals surface area contributed by atoms with Crippen molar-refractivity contribution in [3.05, 3.63) is 17.0 Å². The quantitative estimate of drug-likeness (QED) is 0.624. The first-order valence-corrected chi connectivity index (χ1v) is 4.39. The minimum atomic E-state index is -0.169. The van der Waals surface area contributed by atoms with Gasteiger partial charge in [0.15, 0.2) is 0 Å². The molecule has 4 heteroatoms. The summed E-state index contributed by atoms with van der Waals surface area (Å²) < 4.78 is 1.88. The molecule has 0 amide bonds. The Hall–Kier alpha value is -1.34. The number of nitrogens with one attached hydrogen (secondary N) is 1. The summed E-state index contributed by atoms with van der Waals surface area (Å²) in [4.78, 5) is 0. The Balaban J connectivity index is 2.56. The van der Waals surface area contributed by atoms with Crippen LogP contribution in [0, 0.1) is 18.3 Å². The number of aryl methyl sites for hydroxylation is 2. The molecule has 0 aliphatic carbocycles. The van der Waals surface area contributed by atoms with E-state index in [1.54, 1.807) is 0 Å². The van der Waals surface area contributed by atoms with Gasteiger partial charge in [0.05, 0.1) is 11.8 Å². The first-order chi connectivity index (χ1) is 6.24. The van der Waals surface area contributed by atoms with Crippen LogP contribution in [0.25, 0.3) is 0 Å². The second kappa shape index (κ2) is 2.86. The van der Waals surface area contributed by atoms with E-state index in [1.165, 1.54) is 5.69 Å². The minimum Gasteiger partial charge on any atom is -0.298 e. The van der Waals surface area contributed by atoms with Gasteiger partial charge in [0.25, 0.3) is 0 Å². The van der Waals surface area contributed by atoms with Gasteiger partial charge in [0, 0.05) is 31.3 Å². The summed E-state index contributed by atoms with van der Waals surface area (Å²) in [6.45, 7) is 2.82. The van der Waals surface area contributed by atoms with Crippen LogP contribution >= 0.6 is 0 Å². The molecule has 13 heavy (non-hydrogen) atoms. The van der Waals surface area contributed by atoms with Gasteiger partial charge in [0.2, 0.25) is 0 Å². The standard InChI is InChI=1S/C9H12N4/c1-6-9-7(5-10)11-4-3-8(9)13(2)12-6/h7,11H,3-4H2,1-2H3. The number of rotatable bonds is 0. The molecule has 1 N–H and O–H groups in total. The predicted molar refractivity (Wildman–Crippen MR) is 48.0 cm³/mol. The third-order valence-electron chi connectivity index (χ3n) is 2.52. The zero-order valence-corrected chi connectivity index (χ0v) is 7.83. The van der Waals surface area contributed by atoms with Crippen LogP contribution in [0.1, 0.15) is 23.0 Å². The summed E-state index contributed by atoms with van der Waals surface area (Å²) in [7, 11) is 1.94. The lowest BCUT2D eigenvalue weighted by atomic mass is 10.00. The van der Waals surface area contributed by atoms with Crippen molar-refractivity contribution >= 4 is 0 Å². The average Bonchev–Trinajstić information content (AvgIpc) is 2.43. The highest BCUT2D eigenvalue weighted by Gasteiger charge is 2.25. The molecule has 2 heterocycles. The molecule has 0 radical (unpaired) electrons. The maximum Gasteiger partial charge on any atom is 0.124 e. The molecule has 0 saturated carbocycles. The van der Waals surface area contributed by atoms with Gasteiger partial charge in [-0.2, -0.15) is 10.4 Å². The van der Waals surface area contributed by atoms with Crippen LogP contribution in [-0.2, 0) is 13.5 Å². The van der Waals surface area contributed by atoms with E-state index in [1.807, 2.05) is 18.7 Å². The number of hydrogen-bond acceptors (Lipinski definition) is 3. The summed E-state index contributed by atoms with van der Waals surface area (Å²) in [5.41, 5.74) is 3.25. The maximum atomic E-state index is 8.92. The van der Waals surface area contributed by atoms with Gasteiger partial charge in [-0.15, -0.1) is 0 Å². The Morgan fingerprint density at radius 2 is 2.46 bits per heavy atom. The molecule has 1 unspecified atom stereocenters. The molecule has 0 bridgehead atoms. The molecule has 0 spiro atoms. The average molecular weight is 176 g/mol. The summed E-state index contributed by atoms with van der Waals surface area (Å²) >= 11 is 0. The van der Waals surface area contributed by atoms with Crippen molar-refractivity contribution in [1.82, 2.24) is 15.1 Å². The Morgan fingerprint density at radius 1 is 1.69 bits per heavy atom. The molecule has 68 valence electrons. The van der Waals surface area contributed by atoms with Crippen LogP contribution in [-0.4, -0.2) is 16.3 Å². The zero-order valence-electron chi connectivity index (χ0n) is 7.83. The van der Waals surface area contributed by atoms with Crippen molar-refractivity contribution in [3.8, 4) is 6.07 Å². The Kier molecular flexibility index (Phi) is 1.82. The summed E-state index contributed by atoms with van der Waals surface area (Å²) in [5.74, 6) is 0. The monoisotopic (exact) mass is 176 g/mol. The molecular formula is C9H12N4. The number of fused-ring (bicyclic) bond motifs is 1. The minimum absolute atomic E-state index is 0.169. The van der Waals surface area contributed by atoms with Crippen LogP contribution in [0.15, 0.2) is 0 Å². The van der Waals surface area contributed by atoms with Gasteiger partial charge < -0.3 is 0 Å². The fourth-order valence-corrected chi connectivity index (χ4v) is 1.94.